The maximum Gasteiger partial charge on any atom is 0.243 e. The van der Waals surface area contributed by atoms with E-state index in [9.17, 15) is 0 Å². The Kier molecular flexibility index (Phi) is 2.94. The molecule has 8 heteroatoms. The van der Waals surface area contributed by atoms with Crippen molar-refractivity contribution >= 4 is 51.1 Å². The van der Waals surface area contributed by atoms with E-state index in [0.29, 0.717) is 15.8 Å². The molecule has 4 nitrogen and oxygen atoms in total. The van der Waals surface area contributed by atoms with Gasteiger partial charge in [-0.2, -0.15) is 9.61 Å². The fraction of sp³-hybridized carbons (Fsp3) is 0.100. The second-order valence-electron chi connectivity index (χ2n) is 3.49. The molecular weight excluding hydrogens is 315 g/mol. The van der Waals surface area contributed by atoms with Gasteiger partial charge in [0.2, 0.25) is 8.75 Å². The minimum atomic E-state index is -1.54. The molecule has 0 aliphatic carbocycles. The predicted molar refractivity (Wildman–Crippen MR) is 73.3 cm³/mol. The summed E-state index contributed by atoms with van der Waals surface area (Å²) in [6, 6.07) is 9.60. The predicted octanol–water partition coefficient (Wildman–Crippen LogP) is 3.68. The zero-order valence-corrected chi connectivity index (χ0v) is 11.8. The zero-order valence-electron chi connectivity index (χ0n) is 8.72. The van der Waals surface area contributed by atoms with E-state index in [1.807, 2.05) is 30.3 Å². The number of aromatic nitrogens is 4. The van der Waals surface area contributed by atoms with Crippen molar-refractivity contribution in [2.24, 2.45) is 0 Å². The highest BCUT2D eigenvalue weighted by Crippen LogP contribution is 2.40. The van der Waals surface area contributed by atoms with Gasteiger partial charge in [-0.3, -0.25) is 0 Å². The van der Waals surface area contributed by atoms with E-state index in [0.717, 1.165) is 5.56 Å². The number of alkyl halides is 3. The van der Waals surface area contributed by atoms with Gasteiger partial charge < -0.3 is 0 Å². The molecule has 18 heavy (non-hydrogen) atoms. The third kappa shape index (κ3) is 2.07. The second-order valence-corrected chi connectivity index (χ2v) is 6.73. The number of nitrogens with zero attached hydrogens (tertiary/aromatic N) is 4. The lowest BCUT2D eigenvalue weighted by atomic mass is 10.2. The van der Waals surface area contributed by atoms with Gasteiger partial charge in [0.1, 0.15) is 0 Å². The topological polar surface area (TPSA) is 43.1 Å². The van der Waals surface area contributed by atoms with E-state index in [1.165, 1.54) is 11.3 Å². The summed E-state index contributed by atoms with van der Waals surface area (Å²) in [7, 11) is 0. The summed E-state index contributed by atoms with van der Waals surface area (Å²) in [4.78, 5) is 0.593. The quantitative estimate of drug-likeness (QED) is 0.643. The summed E-state index contributed by atoms with van der Waals surface area (Å²) in [6.07, 6.45) is 0. The van der Waals surface area contributed by atoms with E-state index in [1.54, 1.807) is 4.52 Å². The number of fused-ring (bicyclic) bond motifs is 1. The maximum atomic E-state index is 5.80. The smallest absolute Gasteiger partial charge is 0.182 e. The molecule has 0 fully saturated rings. The van der Waals surface area contributed by atoms with Crippen molar-refractivity contribution in [2.45, 2.75) is 3.79 Å². The number of halogens is 3. The van der Waals surface area contributed by atoms with Crippen LogP contribution in [0.3, 0.4) is 0 Å². The van der Waals surface area contributed by atoms with E-state index in [-0.39, 0.29) is 0 Å². The Balaban J connectivity index is 2.18. The largest absolute Gasteiger partial charge is 0.243 e. The Labute approximate surface area is 121 Å². The first-order valence-electron chi connectivity index (χ1n) is 4.90. The molecule has 0 amide bonds. The van der Waals surface area contributed by atoms with Gasteiger partial charge in [0.15, 0.2) is 10.8 Å². The average molecular weight is 320 g/mol. The Hall–Kier alpha value is -0.880. The first kappa shape index (κ1) is 12.2. The Morgan fingerprint density at radius 1 is 1.06 bits per heavy atom. The molecule has 0 spiro atoms. The molecule has 3 aromatic rings. The molecule has 0 saturated heterocycles. The van der Waals surface area contributed by atoms with E-state index >= 15 is 0 Å². The lowest BCUT2D eigenvalue weighted by Crippen LogP contribution is -2.01. The fourth-order valence-electron chi connectivity index (χ4n) is 1.50. The monoisotopic (exact) mass is 318 g/mol. The fourth-order valence-corrected chi connectivity index (χ4v) is 2.67. The molecule has 0 aliphatic rings. The van der Waals surface area contributed by atoms with Gasteiger partial charge in [-0.25, -0.2) is 0 Å². The number of hydrogen-bond donors (Lipinski definition) is 0. The molecule has 1 aromatic carbocycles. The van der Waals surface area contributed by atoms with Crippen LogP contribution in [0.25, 0.3) is 16.3 Å². The van der Waals surface area contributed by atoms with Crippen molar-refractivity contribution < 1.29 is 0 Å². The third-order valence-corrected chi connectivity index (χ3v) is 4.16. The first-order chi connectivity index (χ1) is 8.55. The summed E-state index contributed by atoms with van der Waals surface area (Å²) in [5.41, 5.74) is 0.908. The average Bonchev–Trinajstić information content (AvgIpc) is 2.88. The molecule has 0 unspecified atom stereocenters. The van der Waals surface area contributed by atoms with Crippen LogP contribution in [0.2, 0.25) is 0 Å². The number of hydrogen-bond acceptors (Lipinski definition) is 4. The second kappa shape index (κ2) is 4.35. The Morgan fingerprint density at radius 3 is 2.44 bits per heavy atom. The minimum Gasteiger partial charge on any atom is -0.182 e. The van der Waals surface area contributed by atoms with Crippen LogP contribution in [-0.4, -0.2) is 19.8 Å². The Bertz CT molecular complexity index is 686. The van der Waals surface area contributed by atoms with Gasteiger partial charge in [0.05, 0.1) is 0 Å². The molecule has 0 bridgehead atoms. The SMILES string of the molecule is ClC(Cl)(Cl)c1nn2c(-c3ccccc3)nnc2s1. The van der Waals surface area contributed by atoms with Crippen molar-refractivity contribution in [3.05, 3.63) is 35.3 Å². The lowest BCUT2D eigenvalue weighted by Gasteiger charge is -2.03. The molecule has 92 valence electrons. The van der Waals surface area contributed by atoms with Crippen LogP contribution in [-0.2, 0) is 3.79 Å². The van der Waals surface area contributed by atoms with Crippen molar-refractivity contribution in [1.82, 2.24) is 19.8 Å². The highest BCUT2D eigenvalue weighted by Gasteiger charge is 2.29. The highest BCUT2D eigenvalue weighted by atomic mass is 35.6. The standard InChI is InChI=1S/C10H5Cl3N4S/c11-10(12,13)8-16-17-7(14-15-9(17)18-8)6-4-2-1-3-5-6/h1-5H. The van der Waals surface area contributed by atoms with Crippen molar-refractivity contribution in [1.29, 1.82) is 0 Å². The molecule has 0 aliphatic heterocycles. The summed E-state index contributed by atoms with van der Waals surface area (Å²) >= 11 is 18.6. The third-order valence-electron chi connectivity index (χ3n) is 2.27. The van der Waals surface area contributed by atoms with Crippen LogP contribution in [0.1, 0.15) is 5.01 Å². The van der Waals surface area contributed by atoms with Gasteiger partial charge >= 0.3 is 0 Å². The molecule has 2 heterocycles. The van der Waals surface area contributed by atoms with Crippen LogP contribution >= 0.6 is 46.1 Å². The highest BCUT2D eigenvalue weighted by molar-refractivity contribution is 7.17. The van der Waals surface area contributed by atoms with E-state index < -0.39 is 3.79 Å². The number of rotatable bonds is 1. The van der Waals surface area contributed by atoms with Gasteiger partial charge in [-0.05, 0) is 0 Å². The van der Waals surface area contributed by atoms with Gasteiger partial charge in [0.25, 0.3) is 0 Å². The molecule has 2 aromatic heterocycles. The van der Waals surface area contributed by atoms with Gasteiger partial charge in [-0.15, -0.1) is 10.2 Å². The van der Waals surface area contributed by atoms with Crippen LogP contribution in [0.5, 0.6) is 0 Å². The summed E-state index contributed by atoms with van der Waals surface area (Å²) in [6.45, 7) is 0. The maximum absolute atomic E-state index is 5.80. The molecule has 0 radical (unpaired) electrons. The first-order valence-corrected chi connectivity index (χ1v) is 6.85. The normalized spacial score (nSPS) is 12.2. The van der Waals surface area contributed by atoms with Crippen LogP contribution in [0.15, 0.2) is 30.3 Å². The molecule has 3 rings (SSSR count). The zero-order chi connectivity index (χ0) is 12.8. The van der Waals surface area contributed by atoms with E-state index in [4.69, 9.17) is 34.8 Å². The van der Waals surface area contributed by atoms with Crippen molar-refractivity contribution in [3.63, 3.8) is 0 Å². The molecular formula is C10H5Cl3N4S. The molecule has 0 N–H and O–H groups in total. The van der Waals surface area contributed by atoms with Gasteiger partial charge in [-0.1, -0.05) is 76.5 Å². The molecule has 0 saturated carbocycles. The summed E-state index contributed by atoms with van der Waals surface area (Å²) in [5.74, 6) is 0.627. The number of benzene rings is 1. The van der Waals surface area contributed by atoms with Gasteiger partial charge in [0, 0.05) is 5.56 Å². The lowest BCUT2D eigenvalue weighted by molar-refractivity contribution is 0.917. The summed E-state index contributed by atoms with van der Waals surface area (Å²) < 4.78 is 0.0382. The summed E-state index contributed by atoms with van der Waals surface area (Å²) in [5, 5.41) is 12.7. The molecule has 0 atom stereocenters. The Morgan fingerprint density at radius 2 is 1.78 bits per heavy atom. The van der Waals surface area contributed by atoms with Crippen LogP contribution in [0.4, 0.5) is 0 Å². The van der Waals surface area contributed by atoms with Crippen molar-refractivity contribution in [3.8, 4) is 11.4 Å². The minimum absolute atomic E-state index is 0.370. The van der Waals surface area contributed by atoms with E-state index in [2.05, 4.69) is 15.3 Å². The van der Waals surface area contributed by atoms with Crippen LogP contribution in [0, 0.1) is 0 Å². The van der Waals surface area contributed by atoms with Crippen molar-refractivity contribution in [2.75, 3.05) is 0 Å². The van der Waals surface area contributed by atoms with Crippen LogP contribution < -0.4 is 0 Å².